The first kappa shape index (κ1) is 86.6. The molecule has 5 aliphatic rings. The lowest BCUT2D eigenvalue weighted by Gasteiger charge is -2.56. The van der Waals surface area contributed by atoms with Crippen LogP contribution < -0.4 is 0 Å². The number of sulfone groups is 1. The highest BCUT2D eigenvalue weighted by atomic mass is 127. The average Bonchev–Trinajstić information content (AvgIpc) is 1.09. The van der Waals surface area contributed by atoms with E-state index in [1.54, 1.807) is 31.4 Å². The van der Waals surface area contributed by atoms with Crippen molar-refractivity contribution in [2.24, 2.45) is 11.8 Å². The summed E-state index contributed by atoms with van der Waals surface area (Å²) in [5.74, 6) is -0.836. The minimum absolute atomic E-state index is 0.0124. The van der Waals surface area contributed by atoms with E-state index in [4.69, 9.17) is 57.1 Å². The molecule has 0 aromatic heterocycles. The zero-order chi connectivity index (χ0) is 74.1. The molecule has 5 aliphatic heterocycles. The molecule has 1 aromatic rings. The zero-order valence-electron chi connectivity index (χ0n) is 66.1. The van der Waals surface area contributed by atoms with Gasteiger partial charge in [0.15, 0.2) is 51.4 Å². The molecule has 5 fully saturated rings. The highest BCUT2D eigenvalue weighted by Gasteiger charge is 2.61. The Kier molecular flexibility index (Phi) is 29.6. The highest BCUT2D eigenvalue weighted by molar-refractivity contribution is 14.1. The summed E-state index contributed by atoms with van der Waals surface area (Å²) in [6, 6.07) is 8.57. The zero-order valence-corrected chi connectivity index (χ0v) is 74.1. The standard InChI is InChI=1S/C76H139IO15SSi5/c1-50-44-54(37-39-59-51(2)45-53(84-59)34-33-43-78)85-62(52(50)3)48-63-65(66(82-19)64(87-63)47-56(89-95(22,23)73(7,8)9)49-83-94(20,21)72(4,5)6)71(93(80,81)57-35-31-30-32-36-57)58(79)46-55-38-40-60-67(86-55)69(91-97(26,27)75(13,14)15)70(92-98(28,29)76(16,17)18)68(88-60)61(41-42-77)90-96(24,25)74(10,11)12/h30-32,35-36,41-42,50,53-56,58-71,78-79H,2-3,33-34,37-40,43-49H2,1,4-29H3/b42-41+/t50-,53?,54+,55-,56+,58?,59+,60+,61+,62?,63?,64-,65?,66+,67+,68+,69+,70-,71+/m1/s1. The summed E-state index contributed by atoms with van der Waals surface area (Å²) in [7, 11) is -15.2. The van der Waals surface area contributed by atoms with Crippen LogP contribution in [0.25, 0.3) is 0 Å². The van der Waals surface area contributed by atoms with E-state index in [-0.39, 0.29) is 73.8 Å². The second-order valence-corrected chi connectivity index (χ2v) is 64.1. The van der Waals surface area contributed by atoms with Gasteiger partial charge in [-0.15, -0.1) is 0 Å². The third-order valence-corrected chi connectivity index (χ3v) is 50.1. The Hall–Kier alpha value is -0.316. The number of ether oxygens (including phenoxy) is 6. The predicted octanol–water partition coefficient (Wildman–Crippen LogP) is 18.2. The van der Waals surface area contributed by atoms with E-state index < -0.39 is 142 Å². The molecule has 5 heterocycles. The van der Waals surface area contributed by atoms with E-state index in [2.05, 4.69) is 211 Å². The van der Waals surface area contributed by atoms with Gasteiger partial charge >= 0.3 is 0 Å². The molecule has 5 saturated heterocycles. The van der Waals surface area contributed by atoms with Gasteiger partial charge in [0.1, 0.15) is 24.4 Å². The van der Waals surface area contributed by atoms with Crippen LogP contribution in [0.15, 0.2) is 69.7 Å². The topological polar surface area (TPSA) is 176 Å². The molecule has 0 bridgehead atoms. The molecule has 0 amide bonds. The van der Waals surface area contributed by atoms with E-state index in [9.17, 15) is 10.2 Å². The molecule has 0 aliphatic carbocycles. The molecule has 5 unspecified atom stereocenters. The molecule has 0 saturated carbocycles. The second-order valence-electron chi connectivity index (χ2n) is 37.5. The van der Waals surface area contributed by atoms with Gasteiger partial charge in [-0.25, -0.2) is 8.42 Å². The van der Waals surface area contributed by atoms with Crippen LogP contribution in [0.4, 0.5) is 0 Å². The summed E-state index contributed by atoms with van der Waals surface area (Å²) in [4.78, 5) is 0.101. The summed E-state index contributed by atoms with van der Waals surface area (Å²) in [6.45, 7) is 68.3. The maximum atomic E-state index is 16.3. The summed E-state index contributed by atoms with van der Waals surface area (Å²) in [5, 5.41) is 21.2. The fourth-order valence-electron chi connectivity index (χ4n) is 13.6. The number of halogens is 1. The van der Waals surface area contributed by atoms with E-state index in [1.165, 1.54) is 0 Å². The molecule has 22 heteroatoms. The molecular weight excluding hydrogens is 1450 g/mol. The summed E-state index contributed by atoms with van der Waals surface area (Å²) >= 11 is 2.30. The van der Waals surface area contributed by atoms with Crippen LogP contribution in [-0.4, -0.2) is 183 Å². The van der Waals surface area contributed by atoms with Crippen LogP contribution >= 0.6 is 22.6 Å². The number of hydrogen-bond acceptors (Lipinski definition) is 15. The fourth-order valence-corrected chi connectivity index (χ4v) is 22.4. The number of hydrogen-bond donors (Lipinski definition) is 2. The van der Waals surface area contributed by atoms with Gasteiger partial charge in [0.05, 0.1) is 90.0 Å². The van der Waals surface area contributed by atoms with E-state index in [1.807, 2.05) is 10.1 Å². The van der Waals surface area contributed by atoms with Crippen molar-refractivity contribution < 1.29 is 69.2 Å². The van der Waals surface area contributed by atoms with Crippen molar-refractivity contribution in [2.45, 2.75) is 380 Å². The van der Waals surface area contributed by atoms with Gasteiger partial charge in [-0.3, -0.25) is 0 Å². The van der Waals surface area contributed by atoms with Gasteiger partial charge in [0.25, 0.3) is 0 Å². The molecule has 566 valence electrons. The van der Waals surface area contributed by atoms with Crippen molar-refractivity contribution in [3.05, 3.63) is 64.8 Å². The second kappa shape index (κ2) is 33.4. The number of rotatable bonds is 30. The maximum absolute atomic E-state index is 16.3. The molecule has 15 nitrogen and oxygen atoms in total. The third kappa shape index (κ3) is 21.1. The van der Waals surface area contributed by atoms with Crippen LogP contribution in [0.5, 0.6) is 0 Å². The quantitative estimate of drug-likeness (QED) is 0.0422. The van der Waals surface area contributed by atoms with Gasteiger partial charge in [0.2, 0.25) is 0 Å². The Morgan fingerprint density at radius 3 is 1.73 bits per heavy atom. The molecule has 98 heavy (non-hydrogen) atoms. The van der Waals surface area contributed by atoms with Crippen molar-refractivity contribution in [2.75, 3.05) is 20.3 Å². The summed E-state index contributed by atoms with van der Waals surface area (Å²) in [5.41, 5.74) is 2.00. The van der Waals surface area contributed by atoms with Gasteiger partial charge in [0, 0.05) is 38.9 Å². The van der Waals surface area contributed by atoms with Crippen LogP contribution in [-0.2, 0) is 60.4 Å². The van der Waals surface area contributed by atoms with Gasteiger partial charge in [-0.05, 0) is 181 Å². The Bertz CT molecular complexity index is 2880. The number of fused-ring (bicyclic) bond motifs is 1. The normalized spacial score (nSPS) is 30.8. The molecule has 2 N–H and O–H groups in total. The lowest BCUT2D eigenvalue weighted by Crippen LogP contribution is -2.69. The fraction of sp³-hybridized carbons (Fsp3) is 0.842. The smallest absolute Gasteiger partial charge is 0.193 e. The first-order chi connectivity index (χ1) is 44.7. The average molecular weight is 1590 g/mol. The number of aliphatic hydroxyl groups excluding tert-OH is 2. The first-order valence-electron chi connectivity index (χ1n) is 37.1. The lowest BCUT2D eigenvalue weighted by atomic mass is 9.80. The minimum Gasteiger partial charge on any atom is -0.414 e. The minimum atomic E-state index is -4.42. The van der Waals surface area contributed by atoms with Crippen molar-refractivity contribution >= 4 is 74.0 Å². The van der Waals surface area contributed by atoms with E-state index in [0.29, 0.717) is 32.3 Å². The molecule has 0 spiro atoms. The van der Waals surface area contributed by atoms with E-state index >= 15 is 8.42 Å². The highest BCUT2D eigenvalue weighted by Crippen LogP contribution is 2.51. The number of benzene rings is 1. The first-order valence-corrected chi connectivity index (χ1v) is 54.4. The number of methoxy groups -OCH3 is 1. The Balaban J connectivity index is 1.48. The Morgan fingerprint density at radius 2 is 1.19 bits per heavy atom. The number of aliphatic hydroxyl groups is 2. The van der Waals surface area contributed by atoms with Crippen LogP contribution in [0.2, 0.25) is 90.7 Å². The van der Waals surface area contributed by atoms with Crippen LogP contribution in [0, 0.1) is 11.8 Å². The third-order valence-electron chi connectivity index (χ3n) is 25.0. The van der Waals surface area contributed by atoms with E-state index in [0.717, 1.165) is 43.3 Å². The largest absolute Gasteiger partial charge is 0.414 e. The summed E-state index contributed by atoms with van der Waals surface area (Å²) < 4.78 is 115. The van der Waals surface area contributed by atoms with Crippen molar-refractivity contribution in [1.29, 1.82) is 0 Å². The van der Waals surface area contributed by atoms with Crippen molar-refractivity contribution in [1.82, 2.24) is 0 Å². The maximum Gasteiger partial charge on any atom is 0.193 e. The predicted molar refractivity (Wildman–Crippen MR) is 421 cm³/mol. The van der Waals surface area contributed by atoms with Crippen LogP contribution in [0.3, 0.4) is 0 Å². The molecule has 19 atom stereocenters. The SMILES string of the molecule is C=C1C(CC2O[C@H](C[C@@H](CO[Si](C)(C)C(C)(C)C)O[Si](C)(C)C(C)(C)C)[C@H](OC)C2[C@H](C(O)C[C@H]2CC[C@@H]3O[C@@H]([C@H](/C=C/I)O[Si](C)(C)C(C)(C)C)[C@@H](O[Si](C)(C)C(C)(C)C)[C@@H](O[Si](C)(C)C(C)(C)C)[C@H]3O2)S(=O)(=O)c2ccccc2)O[C@@H](CC[C@@H]2OC(CCCO)CC2=C)C[C@H]1C. The van der Waals surface area contributed by atoms with Gasteiger partial charge < -0.3 is 60.8 Å². The van der Waals surface area contributed by atoms with Crippen molar-refractivity contribution in [3.8, 4) is 0 Å². The van der Waals surface area contributed by atoms with Gasteiger partial charge in [-0.1, -0.05) is 165 Å². The monoisotopic (exact) mass is 1590 g/mol. The molecular formula is C76H139IO15SSi5. The van der Waals surface area contributed by atoms with Crippen LogP contribution in [0.1, 0.15) is 181 Å². The Labute approximate surface area is 615 Å². The molecule has 0 radical (unpaired) electrons. The van der Waals surface area contributed by atoms with Gasteiger partial charge in [-0.2, -0.15) is 0 Å². The molecule has 1 aromatic carbocycles. The molecule has 6 rings (SSSR count). The van der Waals surface area contributed by atoms with Crippen molar-refractivity contribution in [3.63, 3.8) is 0 Å². The Morgan fingerprint density at radius 1 is 0.643 bits per heavy atom. The lowest BCUT2D eigenvalue weighted by molar-refractivity contribution is -0.268. The summed E-state index contributed by atoms with van der Waals surface area (Å²) in [6.07, 6.45) is -0.549.